The summed E-state index contributed by atoms with van der Waals surface area (Å²) in [6, 6.07) is 0.664. The fourth-order valence-corrected chi connectivity index (χ4v) is 4.92. The van der Waals surface area contributed by atoms with E-state index in [1.54, 1.807) is 6.92 Å². The van der Waals surface area contributed by atoms with Gasteiger partial charge in [-0.1, -0.05) is 19.8 Å². The third-order valence-electron chi connectivity index (χ3n) is 4.06. The minimum absolute atomic E-state index is 0.0340. The van der Waals surface area contributed by atoms with Gasteiger partial charge in [-0.15, -0.1) is 0 Å². The number of anilines is 2. The topological polar surface area (TPSA) is 88.3 Å². The molecule has 21 heavy (non-hydrogen) atoms. The second-order valence-corrected chi connectivity index (χ2v) is 8.46. The van der Waals surface area contributed by atoms with Crippen LogP contribution in [0.1, 0.15) is 32.6 Å². The van der Waals surface area contributed by atoms with Crippen molar-refractivity contribution in [2.45, 2.75) is 43.5 Å². The van der Waals surface area contributed by atoms with Gasteiger partial charge in [0.05, 0.1) is 5.75 Å². The lowest BCUT2D eigenvalue weighted by molar-refractivity contribution is 0.254. The fourth-order valence-electron chi connectivity index (χ4n) is 2.72. The Morgan fingerprint density at radius 1 is 1.43 bits per heavy atom. The highest BCUT2D eigenvalue weighted by Crippen LogP contribution is 2.32. The van der Waals surface area contributed by atoms with Crippen LogP contribution in [0.5, 0.6) is 0 Å². The predicted octanol–water partition coefficient (Wildman–Crippen LogP) is 1.81. The number of hydrogen-bond donors (Lipinski definition) is 2. The van der Waals surface area contributed by atoms with Crippen LogP contribution in [0.25, 0.3) is 0 Å². The van der Waals surface area contributed by atoms with Crippen LogP contribution in [-0.2, 0) is 9.84 Å². The Kier molecular flexibility index (Phi) is 5.45. The zero-order chi connectivity index (χ0) is 15.5. The molecule has 0 saturated heterocycles. The van der Waals surface area contributed by atoms with E-state index in [0.29, 0.717) is 17.6 Å². The van der Waals surface area contributed by atoms with Crippen LogP contribution in [0.4, 0.5) is 10.8 Å². The molecule has 0 aromatic carbocycles. The summed E-state index contributed by atoms with van der Waals surface area (Å²) in [7, 11) is -1.21. The summed E-state index contributed by atoms with van der Waals surface area (Å²) in [6.07, 6.45) is 5.15. The zero-order valence-electron chi connectivity index (χ0n) is 12.6. The van der Waals surface area contributed by atoms with Crippen LogP contribution >= 0.6 is 11.5 Å². The Bertz CT molecular complexity index is 565. The van der Waals surface area contributed by atoms with E-state index in [9.17, 15) is 8.42 Å². The number of likely N-dealkylation sites (N-methyl/N-ethyl adjacent to an activating group) is 1. The fraction of sp³-hybridized carbons (Fsp3) is 0.769. The number of nitrogen functional groups attached to an aromatic ring is 1. The van der Waals surface area contributed by atoms with Crippen molar-refractivity contribution in [3.8, 4) is 0 Å². The normalized spacial score (nSPS) is 16.7. The van der Waals surface area contributed by atoms with E-state index >= 15 is 0 Å². The van der Waals surface area contributed by atoms with E-state index in [-0.39, 0.29) is 16.5 Å². The van der Waals surface area contributed by atoms with Crippen LogP contribution in [0, 0.1) is 0 Å². The Morgan fingerprint density at radius 3 is 2.71 bits per heavy atom. The van der Waals surface area contributed by atoms with E-state index in [2.05, 4.69) is 21.6 Å². The maximum atomic E-state index is 12.0. The number of aromatic nitrogens is 1. The predicted molar refractivity (Wildman–Crippen MR) is 87.6 cm³/mol. The number of hydrogen-bond acceptors (Lipinski definition) is 7. The van der Waals surface area contributed by atoms with Gasteiger partial charge in [0.1, 0.15) is 9.90 Å². The van der Waals surface area contributed by atoms with Gasteiger partial charge in [-0.25, -0.2) is 8.42 Å². The molecule has 120 valence electrons. The van der Waals surface area contributed by atoms with Gasteiger partial charge in [-0.2, -0.15) is 4.37 Å². The lowest BCUT2D eigenvalue weighted by Gasteiger charge is -2.24. The van der Waals surface area contributed by atoms with Gasteiger partial charge >= 0.3 is 0 Å². The molecule has 1 aliphatic rings. The molecule has 1 aromatic heterocycles. The minimum Gasteiger partial charge on any atom is -0.382 e. The molecule has 0 radical (unpaired) electrons. The first kappa shape index (κ1) is 16.5. The van der Waals surface area contributed by atoms with Crippen molar-refractivity contribution < 1.29 is 8.42 Å². The van der Waals surface area contributed by atoms with Gasteiger partial charge in [0, 0.05) is 19.1 Å². The first-order chi connectivity index (χ1) is 9.95. The highest BCUT2D eigenvalue weighted by Gasteiger charge is 2.24. The van der Waals surface area contributed by atoms with Crippen molar-refractivity contribution in [2.24, 2.45) is 0 Å². The molecule has 1 aromatic rings. The summed E-state index contributed by atoms with van der Waals surface area (Å²) in [5.74, 6) is 0.139. The van der Waals surface area contributed by atoms with E-state index in [0.717, 1.165) is 18.1 Å². The first-order valence-corrected chi connectivity index (χ1v) is 9.80. The summed E-state index contributed by atoms with van der Waals surface area (Å²) in [5.41, 5.74) is 5.70. The largest absolute Gasteiger partial charge is 0.382 e. The molecule has 1 fully saturated rings. The SMILES string of the molecule is CCS(=O)(=O)c1c(N)nsc1NCCN(C)C1CCCC1. The quantitative estimate of drug-likeness (QED) is 0.791. The van der Waals surface area contributed by atoms with Crippen LogP contribution < -0.4 is 11.1 Å². The number of rotatable bonds is 7. The molecule has 0 unspecified atom stereocenters. The van der Waals surface area contributed by atoms with Gasteiger partial charge in [0.2, 0.25) is 0 Å². The number of sulfone groups is 1. The van der Waals surface area contributed by atoms with Crippen LogP contribution in [0.2, 0.25) is 0 Å². The Hall–Kier alpha value is -0.860. The van der Waals surface area contributed by atoms with Crippen molar-refractivity contribution >= 4 is 32.2 Å². The number of nitrogens with zero attached hydrogens (tertiary/aromatic N) is 2. The zero-order valence-corrected chi connectivity index (χ0v) is 14.3. The molecular weight excluding hydrogens is 308 g/mol. The number of nitrogens with one attached hydrogen (secondary N) is 1. The van der Waals surface area contributed by atoms with Crippen molar-refractivity contribution in [3.63, 3.8) is 0 Å². The molecule has 0 spiro atoms. The third-order valence-corrected chi connectivity index (χ3v) is 6.81. The van der Waals surface area contributed by atoms with E-state index in [1.807, 2.05) is 0 Å². The molecule has 1 saturated carbocycles. The van der Waals surface area contributed by atoms with Gasteiger partial charge in [-0.05, 0) is 31.4 Å². The average Bonchev–Trinajstić information content (AvgIpc) is 3.08. The van der Waals surface area contributed by atoms with Crippen molar-refractivity contribution in [2.75, 3.05) is 36.9 Å². The van der Waals surface area contributed by atoms with Crippen molar-refractivity contribution in [3.05, 3.63) is 0 Å². The molecule has 1 aliphatic carbocycles. The molecule has 6 nitrogen and oxygen atoms in total. The monoisotopic (exact) mass is 332 g/mol. The van der Waals surface area contributed by atoms with Gasteiger partial charge in [0.15, 0.2) is 15.7 Å². The average molecular weight is 332 g/mol. The molecule has 8 heteroatoms. The van der Waals surface area contributed by atoms with Crippen molar-refractivity contribution in [1.29, 1.82) is 0 Å². The molecule has 0 atom stereocenters. The van der Waals surface area contributed by atoms with Gasteiger partial charge in [0.25, 0.3) is 0 Å². The summed E-state index contributed by atoms with van der Waals surface area (Å²) >= 11 is 1.12. The van der Waals surface area contributed by atoms with Crippen LogP contribution in [0.15, 0.2) is 4.90 Å². The van der Waals surface area contributed by atoms with Crippen LogP contribution in [0.3, 0.4) is 0 Å². The lowest BCUT2D eigenvalue weighted by atomic mass is 10.2. The molecule has 3 N–H and O–H groups in total. The molecule has 0 bridgehead atoms. The highest BCUT2D eigenvalue weighted by molar-refractivity contribution is 7.91. The Labute approximate surface area is 130 Å². The molecule has 0 amide bonds. The Morgan fingerprint density at radius 2 is 2.10 bits per heavy atom. The smallest absolute Gasteiger partial charge is 0.184 e. The highest BCUT2D eigenvalue weighted by atomic mass is 32.2. The first-order valence-electron chi connectivity index (χ1n) is 7.37. The second kappa shape index (κ2) is 6.93. The standard InChI is InChI=1S/C13H24N4O2S2/c1-3-21(18,19)11-12(14)16-20-13(11)15-8-9-17(2)10-6-4-5-7-10/h10,15H,3-9H2,1-2H3,(H2,14,16). The molecule has 0 aliphatic heterocycles. The van der Waals surface area contributed by atoms with E-state index < -0.39 is 9.84 Å². The van der Waals surface area contributed by atoms with Gasteiger partial charge < -0.3 is 16.0 Å². The van der Waals surface area contributed by atoms with Crippen LogP contribution in [-0.4, -0.2) is 49.6 Å². The lowest BCUT2D eigenvalue weighted by Crippen LogP contribution is -2.33. The molecule has 1 heterocycles. The minimum atomic E-state index is -3.34. The van der Waals surface area contributed by atoms with E-state index in [4.69, 9.17) is 5.73 Å². The number of nitrogens with two attached hydrogens (primary N) is 1. The van der Waals surface area contributed by atoms with Gasteiger partial charge in [-0.3, -0.25) is 0 Å². The summed E-state index contributed by atoms with van der Waals surface area (Å²) in [6.45, 7) is 3.19. The molecular formula is C13H24N4O2S2. The van der Waals surface area contributed by atoms with E-state index in [1.165, 1.54) is 25.7 Å². The maximum Gasteiger partial charge on any atom is 0.184 e. The maximum absolute atomic E-state index is 12.0. The third kappa shape index (κ3) is 3.87. The Balaban J connectivity index is 1.95. The second-order valence-electron chi connectivity index (χ2n) is 5.48. The summed E-state index contributed by atoms with van der Waals surface area (Å²) in [5, 5.41) is 3.75. The molecule has 2 rings (SSSR count). The summed E-state index contributed by atoms with van der Waals surface area (Å²) < 4.78 is 28.1. The summed E-state index contributed by atoms with van der Waals surface area (Å²) in [4.78, 5) is 2.51. The van der Waals surface area contributed by atoms with Crippen molar-refractivity contribution in [1.82, 2.24) is 9.27 Å².